The quantitative estimate of drug-likeness (QED) is 0.450. The van der Waals surface area contributed by atoms with E-state index in [2.05, 4.69) is 10.1 Å². The highest BCUT2D eigenvalue weighted by atomic mass is 16.7. The topological polar surface area (TPSA) is 90.8 Å². The molecule has 0 N–H and O–H groups in total. The zero-order valence-corrected chi connectivity index (χ0v) is 16.6. The first-order valence-electron chi connectivity index (χ1n) is 9.85. The summed E-state index contributed by atoms with van der Waals surface area (Å²) in [6, 6.07) is 18.6. The minimum absolute atomic E-state index is 0.190. The summed E-state index contributed by atoms with van der Waals surface area (Å²) in [6.45, 7) is 1.05. The monoisotopic (exact) mass is 417 g/mol. The van der Waals surface area contributed by atoms with Crippen LogP contribution in [0.15, 0.2) is 75.9 Å². The van der Waals surface area contributed by atoms with E-state index in [0.717, 1.165) is 11.1 Å². The zero-order valence-electron chi connectivity index (χ0n) is 16.6. The van der Waals surface area contributed by atoms with Gasteiger partial charge >= 0.3 is 0 Å². The van der Waals surface area contributed by atoms with Crippen LogP contribution in [0.4, 0.5) is 0 Å². The van der Waals surface area contributed by atoms with Crippen LogP contribution in [0.25, 0.3) is 11.4 Å². The van der Waals surface area contributed by atoms with Crippen molar-refractivity contribution in [2.75, 3.05) is 13.3 Å². The fourth-order valence-corrected chi connectivity index (χ4v) is 3.35. The number of carbonyl (C=O) groups is 1. The summed E-state index contributed by atoms with van der Waals surface area (Å²) in [5, 5.41) is 4.06. The number of fused-ring (bicyclic) bond motifs is 1. The van der Waals surface area contributed by atoms with Crippen molar-refractivity contribution >= 4 is 5.91 Å². The molecule has 2 aromatic heterocycles. The van der Waals surface area contributed by atoms with Crippen molar-refractivity contribution in [3.8, 4) is 22.9 Å². The van der Waals surface area contributed by atoms with Gasteiger partial charge in [-0.2, -0.15) is 4.98 Å². The van der Waals surface area contributed by atoms with Gasteiger partial charge in [0.2, 0.25) is 18.5 Å². The van der Waals surface area contributed by atoms with Crippen molar-refractivity contribution in [3.05, 3.63) is 84.1 Å². The maximum atomic E-state index is 12.9. The molecular formula is C23H19N3O5. The normalized spacial score (nSPS) is 12.1. The Bertz CT molecular complexity index is 1170. The fourth-order valence-electron chi connectivity index (χ4n) is 3.35. The molecule has 0 spiro atoms. The lowest BCUT2D eigenvalue weighted by molar-refractivity contribution is 0.0709. The van der Waals surface area contributed by atoms with Crippen LogP contribution in [0, 0.1) is 0 Å². The first kappa shape index (κ1) is 18.9. The predicted octanol–water partition coefficient (Wildman–Crippen LogP) is 3.94. The summed E-state index contributed by atoms with van der Waals surface area (Å²) in [7, 11) is 0. The van der Waals surface area contributed by atoms with Crippen LogP contribution < -0.4 is 9.47 Å². The summed E-state index contributed by atoms with van der Waals surface area (Å²) in [6.07, 6.45) is 1.90. The van der Waals surface area contributed by atoms with Crippen LogP contribution in [0.2, 0.25) is 0 Å². The number of amides is 1. The standard InChI is InChI=1S/C23H19N3O5/c27-23(19-7-4-12-28-19)26(14-16-5-2-1-3-6-16)11-10-21-24-22(25-31-21)17-8-9-18-20(13-17)30-15-29-18/h1-9,12-13H,10-11,14-15H2. The highest BCUT2D eigenvalue weighted by Crippen LogP contribution is 2.35. The van der Waals surface area contributed by atoms with Crippen molar-refractivity contribution in [1.29, 1.82) is 0 Å². The third-order valence-electron chi connectivity index (χ3n) is 4.93. The van der Waals surface area contributed by atoms with Gasteiger partial charge in [0, 0.05) is 25.1 Å². The summed E-state index contributed by atoms with van der Waals surface area (Å²) >= 11 is 0. The average Bonchev–Trinajstić information content (AvgIpc) is 3.58. The second-order valence-corrected chi connectivity index (χ2v) is 7.02. The molecule has 0 fully saturated rings. The Morgan fingerprint density at radius 1 is 1.00 bits per heavy atom. The van der Waals surface area contributed by atoms with Crippen LogP contribution in [-0.4, -0.2) is 34.3 Å². The third-order valence-corrected chi connectivity index (χ3v) is 4.93. The summed E-state index contributed by atoms with van der Waals surface area (Å²) in [4.78, 5) is 19.1. The minimum atomic E-state index is -0.190. The first-order chi connectivity index (χ1) is 15.3. The van der Waals surface area contributed by atoms with Crippen LogP contribution in [0.1, 0.15) is 22.0 Å². The molecule has 0 saturated heterocycles. The molecule has 156 valence electrons. The summed E-state index contributed by atoms with van der Waals surface area (Å²) in [5.41, 5.74) is 1.79. The van der Waals surface area contributed by atoms with Gasteiger partial charge in [0.25, 0.3) is 5.91 Å². The van der Waals surface area contributed by atoms with E-state index in [4.69, 9.17) is 18.4 Å². The number of benzene rings is 2. The largest absolute Gasteiger partial charge is 0.459 e. The van der Waals surface area contributed by atoms with Gasteiger partial charge in [0.1, 0.15) is 0 Å². The lowest BCUT2D eigenvalue weighted by Gasteiger charge is -2.21. The van der Waals surface area contributed by atoms with Crippen molar-refractivity contribution in [2.24, 2.45) is 0 Å². The average molecular weight is 417 g/mol. The van der Waals surface area contributed by atoms with E-state index in [1.54, 1.807) is 17.0 Å². The van der Waals surface area contributed by atoms with Gasteiger partial charge in [0.05, 0.1) is 6.26 Å². The number of ether oxygens (including phenoxy) is 2. The number of nitrogens with zero attached hydrogens (tertiary/aromatic N) is 3. The maximum absolute atomic E-state index is 12.9. The van der Waals surface area contributed by atoms with Gasteiger partial charge in [-0.05, 0) is 35.9 Å². The number of hydrogen-bond acceptors (Lipinski definition) is 7. The lowest BCUT2D eigenvalue weighted by Crippen LogP contribution is -2.32. The van der Waals surface area contributed by atoms with E-state index < -0.39 is 0 Å². The predicted molar refractivity (Wildman–Crippen MR) is 109 cm³/mol. The number of carbonyl (C=O) groups excluding carboxylic acids is 1. The molecule has 3 heterocycles. The van der Waals surface area contributed by atoms with Crippen LogP contribution in [-0.2, 0) is 13.0 Å². The zero-order chi connectivity index (χ0) is 21.0. The number of furan rings is 1. The van der Waals surface area contributed by atoms with Gasteiger partial charge in [-0.3, -0.25) is 4.79 Å². The van der Waals surface area contributed by atoms with Crippen molar-refractivity contribution in [1.82, 2.24) is 15.0 Å². The SMILES string of the molecule is O=C(c1ccco1)N(CCc1nc(-c2ccc3c(c2)OCO3)no1)Cc1ccccc1. The molecule has 2 aromatic carbocycles. The Hall–Kier alpha value is -4.07. The molecule has 0 aliphatic carbocycles. The van der Waals surface area contributed by atoms with Crippen LogP contribution in [0.3, 0.4) is 0 Å². The fraction of sp³-hybridized carbons (Fsp3) is 0.174. The smallest absolute Gasteiger partial charge is 0.289 e. The molecule has 0 unspecified atom stereocenters. The Labute approximate surface area is 178 Å². The van der Waals surface area contributed by atoms with Gasteiger partial charge in [-0.1, -0.05) is 35.5 Å². The Morgan fingerprint density at radius 2 is 1.87 bits per heavy atom. The Balaban J connectivity index is 1.30. The highest BCUT2D eigenvalue weighted by Gasteiger charge is 2.21. The molecule has 0 radical (unpaired) electrons. The number of hydrogen-bond donors (Lipinski definition) is 0. The Morgan fingerprint density at radius 3 is 2.71 bits per heavy atom. The van der Waals surface area contributed by atoms with E-state index in [-0.39, 0.29) is 12.7 Å². The molecule has 4 aromatic rings. The molecule has 1 amide bonds. The highest BCUT2D eigenvalue weighted by molar-refractivity contribution is 5.91. The van der Waals surface area contributed by atoms with E-state index in [1.807, 2.05) is 48.5 Å². The van der Waals surface area contributed by atoms with E-state index >= 15 is 0 Å². The van der Waals surface area contributed by atoms with Gasteiger partial charge in [0.15, 0.2) is 17.3 Å². The molecule has 8 nitrogen and oxygen atoms in total. The molecule has 31 heavy (non-hydrogen) atoms. The second kappa shape index (κ2) is 8.35. The van der Waals surface area contributed by atoms with Crippen molar-refractivity contribution in [3.63, 3.8) is 0 Å². The van der Waals surface area contributed by atoms with Gasteiger partial charge < -0.3 is 23.3 Å². The van der Waals surface area contributed by atoms with E-state index in [1.165, 1.54) is 6.26 Å². The van der Waals surface area contributed by atoms with E-state index in [0.29, 0.717) is 48.5 Å². The second-order valence-electron chi connectivity index (χ2n) is 7.02. The maximum Gasteiger partial charge on any atom is 0.289 e. The molecule has 0 saturated carbocycles. The van der Waals surface area contributed by atoms with Crippen LogP contribution >= 0.6 is 0 Å². The molecule has 0 bridgehead atoms. The van der Waals surface area contributed by atoms with E-state index in [9.17, 15) is 4.79 Å². The molecule has 1 aliphatic rings. The first-order valence-corrected chi connectivity index (χ1v) is 9.85. The molecule has 8 heteroatoms. The Kier molecular flexibility index (Phi) is 5.10. The molecular weight excluding hydrogens is 398 g/mol. The van der Waals surface area contributed by atoms with Gasteiger partial charge in [-0.25, -0.2) is 0 Å². The third kappa shape index (κ3) is 4.13. The van der Waals surface area contributed by atoms with Crippen molar-refractivity contribution in [2.45, 2.75) is 13.0 Å². The summed E-state index contributed by atoms with van der Waals surface area (Å²) < 4.78 is 21.4. The van der Waals surface area contributed by atoms with Gasteiger partial charge in [-0.15, -0.1) is 0 Å². The molecule has 0 atom stereocenters. The summed E-state index contributed by atoms with van der Waals surface area (Å²) in [5.74, 6) is 2.35. The lowest BCUT2D eigenvalue weighted by atomic mass is 10.2. The minimum Gasteiger partial charge on any atom is -0.459 e. The molecule has 5 rings (SSSR count). The number of aromatic nitrogens is 2. The van der Waals surface area contributed by atoms with Crippen molar-refractivity contribution < 1.29 is 23.2 Å². The molecule has 1 aliphatic heterocycles. The van der Waals surface area contributed by atoms with Crippen LogP contribution in [0.5, 0.6) is 11.5 Å². The number of rotatable bonds is 7.